The maximum atomic E-state index is 13.2. The van der Waals surface area contributed by atoms with Crippen molar-refractivity contribution in [1.29, 1.82) is 0 Å². The molecular formula is C19H26N4O5S. The molecule has 0 saturated carbocycles. The fourth-order valence-electron chi connectivity index (χ4n) is 4.62. The molecular weight excluding hydrogens is 396 g/mol. The van der Waals surface area contributed by atoms with Gasteiger partial charge in [0, 0.05) is 30.4 Å². The van der Waals surface area contributed by atoms with Crippen LogP contribution in [-0.4, -0.2) is 71.6 Å². The predicted molar refractivity (Wildman–Crippen MR) is 105 cm³/mol. The second-order valence-corrected chi connectivity index (χ2v) is 9.98. The Kier molecular flexibility index (Phi) is 4.83. The van der Waals surface area contributed by atoms with Gasteiger partial charge in [-0.25, -0.2) is 8.42 Å². The van der Waals surface area contributed by atoms with E-state index in [1.165, 1.54) is 10.4 Å². The minimum absolute atomic E-state index is 0.141. The zero-order valence-electron chi connectivity index (χ0n) is 16.8. The fourth-order valence-corrected chi connectivity index (χ4v) is 5.97. The molecule has 2 fully saturated rings. The van der Waals surface area contributed by atoms with Crippen molar-refractivity contribution in [2.24, 2.45) is 5.41 Å². The van der Waals surface area contributed by atoms with Crippen LogP contribution in [0.2, 0.25) is 0 Å². The van der Waals surface area contributed by atoms with Crippen LogP contribution in [0.5, 0.6) is 0 Å². The number of piperidine rings is 2. The predicted octanol–water partition coefficient (Wildman–Crippen LogP) is 1.85. The van der Waals surface area contributed by atoms with Crippen LogP contribution in [-0.2, 0) is 14.8 Å². The number of hydrogen-bond acceptors (Lipinski definition) is 6. The molecule has 10 heteroatoms. The van der Waals surface area contributed by atoms with Crippen molar-refractivity contribution >= 4 is 16.0 Å². The minimum Gasteiger partial charge on any atom is -0.481 e. The van der Waals surface area contributed by atoms with E-state index in [0.29, 0.717) is 24.3 Å². The van der Waals surface area contributed by atoms with Gasteiger partial charge in [-0.2, -0.15) is 9.40 Å². The second kappa shape index (κ2) is 6.96. The van der Waals surface area contributed by atoms with Crippen LogP contribution in [0.1, 0.15) is 30.5 Å². The van der Waals surface area contributed by atoms with Crippen molar-refractivity contribution in [3.8, 4) is 11.5 Å². The zero-order chi connectivity index (χ0) is 21.0. The molecule has 0 spiro atoms. The summed E-state index contributed by atoms with van der Waals surface area (Å²) in [7, 11) is -2.01. The molecule has 0 aliphatic carbocycles. The lowest BCUT2D eigenvalue weighted by atomic mass is 9.69. The van der Waals surface area contributed by atoms with Crippen LogP contribution < -0.4 is 0 Å². The molecule has 2 aliphatic heterocycles. The number of rotatable bonds is 4. The molecule has 0 unspecified atom stereocenters. The van der Waals surface area contributed by atoms with Gasteiger partial charge in [-0.3, -0.25) is 9.89 Å². The summed E-state index contributed by atoms with van der Waals surface area (Å²) in [5.41, 5.74) is 1.48. The number of sulfonamides is 1. The average Bonchev–Trinajstić information content (AvgIpc) is 3.29. The Morgan fingerprint density at radius 1 is 1.31 bits per heavy atom. The molecule has 4 heterocycles. The van der Waals surface area contributed by atoms with Gasteiger partial charge in [0.25, 0.3) is 10.0 Å². The van der Waals surface area contributed by atoms with E-state index in [4.69, 9.17) is 4.42 Å². The van der Waals surface area contributed by atoms with E-state index in [1.54, 1.807) is 6.07 Å². The highest BCUT2D eigenvalue weighted by Crippen LogP contribution is 2.43. The fraction of sp³-hybridized carbons (Fsp3) is 0.579. The van der Waals surface area contributed by atoms with Crippen LogP contribution in [0.4, 0.5) is 0 Å². The van der Waals surface area contributed by atoms with E-state index in [2.05, 4.69) is 10.2 Å². The number of nitrogens with one attached hydrogen (secondary N) is 1. The number of aryl methyl sites for hydroxylation is 1. The van der Waals surface area contributed by atoms with Crippen LogP contribution in [0.25, 0.3) is 11.5 Å². The number of aliphatic carboxylic acids is 1. The van der Waals surface area contributed by atoms with E-state index in [0.717, 1.165) is 24.2 Å². The normalized spacial score (nSPS) is 26.4. The number of furan rings is 1. The number of H-pyrrole nitrogens is 1. The van der Waals surface area contributed by atoms with Crippen molar-refractivity contribution in [3.63, 3.8) is 0 Å². The third-order valence-corrected chi connectivity index (χ3v) is 8.31. The van der Waals surface area contributed by atoms with Gasteiger partial charge < -0.3 is 14.4 Å². The van der Waals surface area contributed by atoms with Crippen molar-refractivity contribution in [2.75, 3.05) is 26.7 Å². The summed E-state index contributed by atoms with van der Waals surface area (Å²) in [6.45, 7) is 4.84. The number of nitrogens with zero attached hydrogens (tertiary/aromatic N) is 3. The number of hydrogen-bond donors (Lipinski definition) is 2. The number of likely N-dealkylation sites (N-methyl/N-ethyl adjacent to an activating group) is 1. The molecule has 0 radical (unpaired) electrons. The summed E-state index contributed by atoms with van der Waals surface area (Å²) in [5, 5.41) is 16.8. The van der Waals surface area contributed by atoms with Gasteiger partial charge >= 0.3 is 5.97 Å². The SMILES string of the molecule is Cc1[nH]nc(-c2ccc(S(=O)(=O)N3CC[C@@]4(C(=O)O)CCCN(C)[C@@H]4C3)o2)c1C. The third kappa shape index (κ3) is 3.10. The first kappa shape index (κ1) is 20.1. The number of aromatic amines is 1. The van der Waals surface area contributed by atoms with Gasteiger partial charge in [0.2, 0.25) is 5.09 Å². The molecule has 9 nitrogen and oxygen atoms in total. The van der Waals surface area contributed by atoms with E-state index in [-0.39, 0.29) is 24.2 Å². The summed E-state index contributed by atoms with van der Waals surface area (Å²) >= 11 is 0. The molecule has 2 saturated heterocycles. The van der Waals surface area contributed by atoms with Gasteiger partial charge in [-0.05, 0) is 58.8 Å². The van der Waals surface area contributed by atoms with Gasteiger partial charge in [-0.15, -0.1) is 0 Å². The number of carboxylic acids is 1. The van der Waals surface area contributed by atoms with Crippen molar-refractivity contribution in [1.82, 2.24) is 19.4 Å². The van der Waals surface area contributed by atoms with Crippen molar-refractivity contribution in [3.05, 3.63) is 23.4 Å². The van der Waals surface area contributed by atoms with Crippen LogP contribution >= 0.6 is 0 Å². The summed E-state index contributed by atoms with van der Waals surface area (Å²) < 4.78 is 33.5. The molecule has 4 rings (SSSR count). The molecule has 158 valence electrons. The summed E-state index contributed by atoms with van der Waals surface area (Å²) in [6.07, 6.45) is 1.67. The van der Waals surface area contributed by atoms with Crippen LogP contribution in [0.15, 0.2) is 21.6 Å². The lowest BCUT2D eigenvalue weighted by Gasteiger charge is -2.51. The molecule has 0 aromatic carbocycles. The largest absolute Gasteiger partial charge is 0.481 e. The van der Waals surface area contributed by atoms with E-state index in [9.17, 15) is 18.3 Å². The van der Waals surface area contributed by atoms with Gasteiger partial charge in [0.15, 0.2) is 5.76 Å². The van der Waals surface area contributed by atoms with E-state index in [1.807, 2.05) is 25.8 Å². The van der Waals surface area contributed by atoms with Crippen LogP contribution in [0, 0.1) is 19.3 Å². The number of carbonyl (C=O) groups is 1. The smallest absolute Gasteiger partial charge is 0.311 e. The molecule has 2 aromatic rings. The Hall–Kier alpha value is -2.17. The lowest BCUT2D eigenvalue weighted by molar-refractivity contribution is -0.160. The Labute approximate surface area is 169 Å². The first-order valence-corrected chi connectivity index (χ1v) is 11.2. The summed E-state index contributed by atoms with van der Waals surface area (Å²) in [5.74, 6) is -0.451. The maximum Gasteiger partial charge on any atom is 0.311 e. The summed E-state index contributed by atoms with van der Waals surface area (Å²) in [4.78, 5) is 14.0. The molecule has 2 atom stereocenters. The standard InChI is InChI=1S/C19H26N4O5S/c1-12-13(2)20-21-17(12)14-5-6-16(28-14)29(26,27)23-10-8-19(18(24)25)7-4-9-22(3)15(19)11-23/h5-6,15H,4,7-11H2,1-3H3,(H,20,21)(H,24,25)/t15-,19+/m1/s1. The quantitative estimate of drug-likeness (QED) is 0.771. The Balaban J connectivity index is 1.62. The van der Waals surface area contributed by atoms with Crippen molar-refractivity contribution < 1.29 is 22.7 Å². The van der Waals surface area contributed by atoms with Gasteiger partial charge in [0.05, 0.1) is 5.41 Å². The third-order valence-electron chi connectivity index (χ3n) is 6.58. The molecule has 2 aliphatic rings. The minimum atomic E-state index is -3.87. The monoisotopic (exact) mass is 422 g/mol. The highest BCUT2D eigenvalue weighted by Gasteiger charge is 2.54. The molecule has 2 N–H and O–H groups in total. The van der Waals surface area contributed by atoms with E-state index >= 15 is 0 Å². The number of fused-ring (bicyclic) bond motifs is 1. The topological polar surface area (TPSA) is 120 Å². The number of likely N-dealkylation sites (tertiary alicyclic amines) is 1. The Bertz CT molecular complexity index is 1040. The highest BCUT2D eigenvalue weighted by atomic mass is 32.2. The lowest BCUT2D eigenvalue weighted by Crippen LogP contribution is -2.63. The number of carboxylic acid groups (broad SMARTS) is 1. The van der Waals surface area contributed by atoms with Gasteiger partial charge in [-0.1, -0.05) is 0 Å². The average molecular weight is 423 g/mol. The van der Waals surface area contributed by atoms with E-state index < -0.39 is 21.4 Å². The summed E-state index contributed by atoms with van der Waals surface area (Å²) in [6, 6.07) is 2.69. The molecule has 0 bridgehead atoms. The second-order valence-electron chi connectivity index (χ2n) is 8.12. The highest BCUT2D eigenvalue weighted by molar-refractivity contribution is 7.89. The van der Waals surface area contributed by atoms with Crippen LogP contribution in [0.3, 0.4) is 0 Å². The Morgan fingerprint density at radius 2 is 2.07 bits per heavy atom. The van der Waals surface area contributed by atoms with Gasteiger partial charge in [0.1, 0.15) is 5.69 Å². The molecule has 0 amide bonds. The first-order valence-electron chi connectivity index (χ1n) is 9.72. The number of aromatic nitrogens is 2. The zero-order valence-corrected chi connectivity index (χ0v) is 17.6. The maximum absolute atomic E-state index is 13.2. The Morgan fingerprint density at radius 3 is 2.72 bits per heavy atom. The van der Waals surface area contributed by atoms with Crippen molar-refractivity contribution in [2.45, 2.75) is 44.2 Å². The molecule has 2 aromatic heterocycles. The first-order chi connectivity index (χ1) is 13.7. The molecule has 29 heavy (non-hydrogen) atoms.